The molecule has 3 heteroatoms. The molecule has 0 bridgehead atoms. The highest BCUT2D eigenvalue weighted by Crippen LogP contribution is 2.08. The molecule has 112 valence electrons. The average molecular weight is 285 g/mol. The maximum absolute atomic E-state index is 5.30. The van der Waals surface area contributed by atoms with E-state index in [-0.39, 0.29) is 0 Å². The van der Waals surface area contributed by atoms with Crippen molar-refractivity contribution in [2.45, 2.75) is 13.5 Å². The van der Waals surface area contributed by atoms with Crippen molar-refractivity contribution in [1.29, 1.82) is 0 Å². The van der Waals surface area contributed by atoms with Crippen LogP contribution in [-0.4, -0.2) is 31.7 Å². The Kier molecular flexibility index (Phi) is 6.25. The lowest BCUT2D eigenvalue weighted by Gasteiger charge is -2.20. The minimum absolute atomic E-state index is 0.737. The van der Waals surface area contributed by atoms with Gasteiger partial charge in [0.25, 0.3) is 0 Å². The summed E-state index contributed by atoms with van der Waals surface area (Å²) >= 11 is 0. The van der Waals surface area contributed by atoms with Gasteiger partial charge in [-0.1, -0.05) is 35.9 Å². The van der Waals surface area contributed by atoms with Crippen LogP contribution in [0.1, 0.15) is 16.9 Å². The summed E-state index contributed by atoms with van der Waals surface area (Å²) < 4.78 is 10.5. The van der Waals surface area contributed by atoms with Crippen molar-refractivity contribution in [3.8, 4) is 0 Å². The van der Waals surface area contributed by atoms with E-state index in [2.05, 4.69) is 42.2 Å². The third-order valence-corrected chi connectivity index (χ3v) is 3.33. The van der Waals surface area contributed by atoms with Crippen LogP contribution < -0.4 is 0 Å². The molecular weight excluding hydrogens is 262 g/mol. The summed E-state index contributed by atoms with van der Waals surface area (Å²) in [7, 11) is 1.74. The molecule has 0 aliphatic carbocycles. The molecule has 1 aromatic carbocycles. The lowest BCUT2D eigenvalue weighted by atomic mass is 10.1. The number of aryl methyl sites for hydroxylation is 1. The van der Waals surface area contributed by atoms with Crippen molar-refractivity contribution in [2.75, 3.05) is 26.8 Å². The van der Waals surface area contributed by atoms with Crippen molar-refractivity contribution in [3.63, 3.8) is 0 Å². The third kappa shape index (κ3) is 5.58. The standard InChI is InChI=1S/C18H23NO2/c1-16-7-9-17(10-8-16)15-19(12-14-20-2)11-3-5-18-6-4-13-21-18/h3-10,13H,11-12,14-15H2,1-2H3. The van der Waals surface area contributed by atoms with Gasteiger partial charge in [-0.15, -0.1) is 0 Å². The van der Waals surface area contributed by atoms with Gasteiger partial charge < -0.3 is 9.15 Å². The highest BCUT2D eigenvalue weighted by Gasteiger charge is 2.04. The van der Waals surface area contributed by atoms with Gasteiger partial charge in [-0.05, 0) is 30.7 Å². The number of nitrogens with zero attached hydrogens (tertiary/aromatic N) is 1. The van der Waals surface area contributed by atoms with Crippen LogP contribution in [0.25, 0.3) is 6.08 Å². The van der Waals surface area contributed by atoms with E-state index in [9.17, 15) is 0 Å². The topological polar surface area (TPSA) is 25.6 Å². The molecule has 2 rings (SSSR count). The Labute approximate surface area is 126 Å². The van der Waals surface area contributed by atoms with Crippen molar-refractivity contribution in [1.82, 2.24) is 4.90 Å². The molecular formula is C18H23NO2. The largest absolute Gasteiger partial charge is 0.465 e. The van der Waals surface area contributed by atoms with E-state index in [0.29, 0.717) is 0 Å². The van der Waals surface area contributed by atoms with Gasteiger partial charge in [-0.2, -0.15) is 0 Å². The molecule has 0 aliphatic rings. The molecule has 21 heavy (non-hydrogen) atoms. The summed E-state index contributed by atoms with van der Waals surface area (Å²) in [6.07, 6.45) is 5.83. The van der Waals surface area contributed by atoms with Crippen molar-refractivity contribution >= 4 is 6.08 Å². The number of benzene rings is 1. The average Bonchev–Trinajstić information content (AvgIpc) is 3.00. The highest BCUT2D eigenvalue weighted by molar-refractivity contribution is 5.42. The predicted octanol–water partition coefficient (Wildman–Crippen LogP) is 3.75. The van der Waals surface area contributed by atoms with Crippen LogP contribution in [0.4, 0.5) is 0 Å². The summed E-state index contributed by atoms with van der Waals surface area (Å²) in [6.45, 7) is 5.55. The second-order valence-corrected chi connectivity index (χ2v) is 5.13. The zero-order chi connectivity index (χ0) is 14.9. The molecule has 1 aromatic heterocycles. The molecule has 1 heterocycles. The number of hydrogen-bond donors (Lipinski definition) is 0. The second kappa shape index (κ2) is 8.45. The molecule has 0 aliphatic heterocycles. The Hall–Kier alpha value is -1.84. The van der Waals surface area contributed by atoms with Gasteiger partial charge in [0.2, 0.25) is 0 Å². The smallest absolute Gasteiger partial charge is 0.126 e. The molecule has 2 aromatic rings. The van der Waals surface area contributed by atoms with E-state index in [1.807, 2.05) is 18.2 Å². The molecule has 0 saturated carbocycles. The molecule has 0 saturated heterocycles. The van der Waals surface area contributed by atoms with E-state index in [1.165, 1.54) is 11.1 Å². The van der Waals surface area contributed by atoms with E-state index >= 15 is 0 Å². The van der Waals surface area contributed by atoms with E-state index in [1.54, 1.807) is 13.4 Å². The zero-order valence-corrected chi connectivity index (χ0v) is 12.8. The van der Waals surface area contributed by atoms with Crippen LogP contribution in [0, 0.1) is 6.92 Å². The number of rotatable bonds is 8. The van der Waals surface area contributed by atoms with Crippen LogP contribution >= 0.6 is 0 Å². The first-order valence-corrected chi connectivity index (χ1v) is 7.25. The number of furan rings is 1. The first-order chi connectivity index (χ1) is 10.3. The van der Waals surface area contributed by atoms with E-state index in [4.69, 9.17) is 9.15 Å². The fourth-order valence-electron chi connectivity index (χ4n) is 2.11. The molecule has 0 unspecified atom stereocenters. The Bertz CT molecular complexity index is 529. The summed E-state index contributed by atoms with van der Waals surface area (Å²) in [4.78, 5) is 2.35. The fourth-order valence-corrected chi connectivity index (χ4v) is 2.11. The third-order valence-electron chi connectivity index (χ3n) is 3.33. The Morgan fingerprint density at radius 2 is 2.00 bits per heavy atom. The lowest BCUT2D eigenvalue weighted by molar-refractivity contribution is 0.151. The first-order valence-electron chi connectivity index (χ1n) is 7.25. The van der Waals surface area contributed by atoms with Crippen LogP contribution in [0.2, 0.25) is 0 Å². The SMILES string of the molecule is COCCN(CC=Cc1ccco1)Cc1ccc(C)cc1. The minimum Gasteiger partial charge on any atom is -0.465 e. The van der Waals surface area contributed by atoms with Crippen LogP contribution in [0.5, 0.6) is 0 Å². The molecule has 0 N–H and O–H groups in total. The molecule has 0 atom stereocenters. The predicted molar refractivity (Wildman–Crippen MR) is 86.1 cm³/mol. The molecule has 0 radical (unpaired) electrons. The maximum Gasteiger partial charge on any atom is 0.126 e. The molecule has 0 spiro atoms. The number of methoxy groups -OCH3 is 1. The van der Waals surface area contributed by atoms with Gasteiger partial charge in [-0.25, -0.2) is 0 Å². The fraction of sp³-hybridized carbons (Fsp3) is 0.333. The lowest BCUT2D eigenvalue weighted by Crippen LogP contribution is -2.27. The Morgan fingerprint density at radius 3 is 2.67 bits per heavy atom. The van der Waals surface area contributed by atoms with Gasteiger partial charge in [0.15, 0.2) is 0 Å². The van der Waals surface area contributed by atoms with Gasteiger partial charge in [-0.3, -0.25) is 4.90 Å². The maximum atomic E-state index is 5.30. The quantitative estimate of drug-likeness (QED) is 0.738. The van der Waals surface area contributed by atoms with Gasteiger partial charge in [0.1, 0.15) is 5.76 Å². The molecule has 0 amide bonds. The molecule has 3 nitrogen and oxygen atoms in total. The van der Waals surface area contributed by atoms with Gasteiger partial charge in [0, 0.05) is 26.7 Å². The van der Waals surface area contributed by atoms with Gasteiger partial charge in [0.05, 0.1) is 12.9 Å². The zero-order valence-electron chi connectivity index (χ0n) is 12.8. The monoisotopic (exact) mass is 285 g/mol. The number of hydrogen-bond acceptors (Lipinski definition) is 3. The Balaban J connectivity index is 1.91. The second-order valence-electron chi connectivity index (χ2n) is 5.13. The van der Waals surface area contributed by atoms with Crippen LogP contribution in [0.15, 0.2) is 53.2 Å². The van der Waals surface area contributed by atoms with Crippen molar-refractivity contribution < 1.29 is 9.15 Å². The minimum atomic E-state index is 0.737. The first kappa shape index (κ1) is 15.5. The summed E-state index contributed by atoms with van der Waals surface area (Å²) in [6, 6.07) is 12.5. The molecule has 0 fully saturated rings. The number of ether oxygens (including phenoxy) is 1. The highest BCUT2D eigenvalue weighted by atomic mass is 16.5. The van der Waals surface area contributed by atoms with E-state index < -0.39 is 0 Å². The normalized spacial score (nSPS) is 11.6. The Morgan fingerprint density at radius 1 is 1.19 bits per heavy atom. The van der Waals surface area contributed by atoms with E-state index in [0.717, 1.165) is 32.0 Å². The summed E-state index contributed by atoms with van der Waals surface area (Å²) in [5.74, 6) is 0.886. The van der Waals surface area contributed by atoms with Gasteiger partial charge >= 0.3 is 0 Å². The van der Waals surface area contributed by atoms with Crippen LogP contribution in [0.3, 0.4) is 0 Å². The van der Waals surface area contributed by atoms with Crippen LogP contribution in [-0.2, 0) is 11.3 Å². The summed E-state index contributed by atoms with van der Waals surface area (Å²) in [5.41, 5.74) is 2.61. The summed E-state index contributed by atoms with van der Waals surface area (Å²) in [5, 5.41) is 0. The van der Waals surface area contributed by atoms with Crippen molar-refractivity contribution in [2.24, 2.45) is 0 Å². The van der Waals surface area contributed by atoms with Crippen molar-refractivity contribution in [3.05, 3.63) is 65.6 Å².